The van der Waals surface area contributed by atoms with Crippen LogP contribution in [0.5, 0.6) is 0 Å². The van der Waals surface area contributed by atoms with Crippen LogP contribution in [0, 0.1) is 13.8 Å². The molecule has 0 saturated carbocycles. The lowest BCUT2D eigenvalue weighted by Crippen LogP contribution is -1.96. The van der Waals surface area contributed by atoms with Crippen molar-refractivity contribution in [2.45, 2.75) is 25.1 Å². The SMILES string of the molecule is Cc1cc(C)cc(C(Br)Cc2ccncc2)c1. The van der Waals surface area contributed by atoms with E-state index in [9.17, 15) is 0 Å². The molecule has 1 aromatic carbocycles. The molecule has 0 saturated heterocycles. The molecule has 0 radical (unpaired) electrons. The lowest BCUT2D eigenvalue weighted by molar-refractivity contribution is 0.940. The van der Waals surface area contributed by atoms with Crippen LogP contribution in [-0.4, -0.2) is 4.98 Å². The molecule has 0 spiro atoms. The van der Waals surface area contributed by atoms with Crippen LogP contribution in [0.2, 0.25) is 0 Å². The van der Waals surface area contributed by atoms with Gasteiger partial charge >= 0.3 is 0 Å². The van der Waals surface area contributed by atoms with Crippen LogP contribution in [-0.2, 0) is 6.42 Å². The third kappa shape index (κ3) is 3.40. The van der Waals surface area contributed by atoms with Gasteiger partial charge < -0.3 is 0 Å². The zero-order valence-corrected chi connectivity index (χ0v) is 11.7. The van der Waals surface area contributed by atoms with Gasteiger partial charge in [0.1, 0.15) is 0 Å². The number of pyridine rings is 1. The van der Waals surface area contributed by atoms with Gasteiger partial charge in [0.25, 0.3) is 0 Å². The Morgan fingerprint density at radius 1 is 1.06 bits per heavy atom. The van der Waals surface area contributed by atoms with Gasteiger partial charge in [-0.2, -0.15) is 0 Å². The minimum Gasteiger partial charge on any atom is -0.265 e. The first kappa shape index (κ1) is 12.3. The second-order valence-electron chi connectivity index (χ2n) is 4.45. The summed E-state index contributed by atoms with van der Waals surface area (Å²) < 4.78 is 0. The topological polar surface area (TPSA) is 12.9 Å². The summed E-state index contributed by atoms with van der Waals surface area (Å²) >= 11 is 3.77. The van der Waals surface area contributed by atoms with E-state index in [0.29, 0.717) is 4.83 Å². The van der Waals surface area contributed by atoms with Crippen molar-refractivity contribution in [3.8, 4) is 0 Å². The maximum absolute atomic E-state index is 4.04. The van der Waals surface area contributed by atoms with Crippen LogP contribution in [0.3, 0.4) is 0 Å². The maximum atomic E-state index is 4.04. The summed E-state index contributed by atoms with van der Waals surface area (Å²) in [6.45, 7) is 4.28. The standard InChI is InChI=1S/C15H16BrN/c1-11-7-12(2)9-14(8-11)15(16)10-13-3-5-17-6-4-13/h3-9,15H,10H2,1-2H3. The zero-order valence-electron chi connectivity index (χ0n) is 10.2. The summed E-state index contributed by atoms with van der Waals surface area (Å²) in [6, 6.07) is 10.8. The van der Waals surface area contributed by atoms with Crippen molar-refractivity contribution in [1.29, 1.82) is 0 Å². The van der Waals surface area contributed by atoms with Gasteiger partial charge in [-0.15, -0.1) is 0 Å². The van der Waals surface area contributed by atoms with Crippen LogP contribution < -0.4 is 0 Å². The largest absolute Gasteiger partial charge is 0.265 e. The summed E-state index contributed by atoms with van der Waals surface area (Å²) in [5.41, 5.74) is 5.29. The summed E-state index contributed by atoms with van der Waals surface area (Å²) in [7, 11) is 0. The molecule has 1 atom stereocenters. The Morgan fingerprint density at radius 2 is 1.65 bits per heavy atom. The number of hydrogen-bond donors (Lipinski definition) is 0. The second-order valence-corrected chi connectivity index (χ2v) is 5.55. The molecular formula is C15H16BrN. The van der Waals surface area contributed by atoms with E-state index >= 15 is 0 Å². The Morgan fingerprint density at radius 3 is 2.24 bits per heavy atom. The van der Waals surface area contributed by atoms with E-state index in [1.54, 1.807) is 0 Å². The Kier molecular flexibility index (Phi) is 3.95. The molecule has 0 aliphatic carbocycles. The first-order valence-corrected chi connectivity index (χ1v) is 6.68. The molecule has 2 rings (SSSR count). The van der Waals surface area contributed by atoms with Crippen molar-refractivity contribution in [3.05, 3.63) is 65.0 Å². The molecule has 0 aliphatic rings. The van der Waals surface area contributed by atoms with Gasteiger partial charge in [0, 0.05) is 17.2 Å². The summed E-state index contributed by atoms with van der Waals surface area (Å²) in [5.74, 6) is 0. The van der Waals surface area contributed by atoms with Gasteiger partial charge in [-0.25, -0.2) is 0 Å². The Labute approximate surface area is 111 Å². The van der Waals surface area contributed by atoms with E-state index < -0.39 is 0 Å². The minimum atomic E-state index is 0.364. The summed E-state index contributed by atoms with van der Waals surface area (Å²) in [6.07, 6.45) is 4.68. The van der Waals surface area contributed by atoms with E-state index in [4.69, 9.17) is 0 Å². The second kappa shape index (κ2) is 5.46. The van der Waals surface area contributed by atoms with Crippen LogP contribution >= 0.6 is 15.9 Å². The molecule has 2 aromatic rings. The fraction of sp³-hybridized carbons (Fsp3) is 0.267. The number of benzene rings is 1. The summed E-state index contributed by atoms with van der Waals surface area (Å²) in [4.78, 5) is 4.40. The number of halogens is 1. The van der Waals surface area contributed by atoms with Crippen LogP contribution in [0.4, 0.5) is 0 Å². The highest BCUT2D eigenvalue weighted by molar-refractivity contribution is 9.09. The Hall–Kier alpha value is -1.15. The molecule has 0 fully saturated rings. The molecule has 0 bridgehead atoms. The predicted octanol–water partition coefficient (Wildman–Crippen LogP) is 4.38. The van der Waals surface area contributed by atoms with Crippen molar-refractivity contribution < 1.29 is 0 Å². The third-order valence-corrected chi connectivity index (χ3v) is 3.62. The molecule has 2 heteroatoms. The highest BCUT2D eigenvalue weighted by Gasteiger charge is 2.09. The molecule has 0 amide bonds. The van der Waals surface area contributed by atoms with E-state index in [-0.39, 0.29) is 0 Å². The van der Waals surface area contributed by atoms with Gasteiger partial charge in [-0.05, 0) is 43.5 Å². The van der Waals surface area contributed by atoms with E-state index in [0.717, 1.165) is 6.42 Å². The van der Waals surface area contributed by atoms with Crippen molar-refractivity contribution in [2.24, 2.45) is 0 Å². The van der Waals surface area contributed by atoms with Crippen molar-refractivity contribution in [2.75, 3.05) is 0 Å². The number of alkyl halides is 1. The molecule has 0 N–H and O–H groups in total. The molecule has 17 heavy (non-hydrogen) atoms. The highest BCUT2D eigenvalue weighted by atomic mass is 79.9. The van der Waals surface area contributed by atoms with E-state index in [1.807, 2.05) is 12.4 Å². The molecular weight excluding hydrogens is 274 g/mol. The van der Waals surface area contributed by atoms with Crippen molar-refractivity contribution >= 4 is 15.9 Å². The molecule has 1 heterocycles. The fourth-order valence-corrected chi connectivity index (χ4v) is 2.67. The molecule has 1 aromatic heterocycles. The third-order valence-electron chi connectivity index (χ3n) is 2.77. The number of aryl methyl sites for hydroxylation is 2. The average molecular weight is 290 g/mol. The number of hydrogen-bond acceptors (Lipinski definition) is 1. The van der Waals surface area contributed by atoms with Crippen LogP contribution in [0.25, 0.3) is 0 Å². The quantitative estimate of drug-likeness (QED) is 0.765. The van der Waals surface area contributed by atoms with Crippen molar-refractivity contribution in [1.82, 2.24) is 4.98 Å². The molecule has 0 aliphatic heterocycles. The zero-order chi connectivity index (χ0) is 12.3. The lowest BCUT2D eigenvalue weighted by Gasteiger charge is -2.12. The molecule has 1 nitrogen and oxygen atoms in total. The van der Waals surface area contributed by atoms with Gasteiger partial charge in [0.2, 0.25) is 0 Å². The Balaban J connectivity index is 2.17. The number of nitrogens with zero attached hydrogens (tertiary/aromatic N) is 1. The monoisotopic (exact) mass is 289 g/mol. The van der Waals surface area contributed by atoms with Crippen LogP contribution in [0.15, 0.2) is 42.7 Å². The lowest BCUT2D eigenvalue weighted by atomic mass is 10.0. The van der Waals surface area contributed by atoms with E-state index in [1.165, 1.54) is 22.3 Å². The normalized spacial score (nSPS) is 12.4. The smallest absolute Gasteiger partial charge is 0.0435 e. The average Bonchev–Trinajstić information content (AvgIpc) is 2.29. The molecule has 1 unspecified atom stereocenters. The predicted molar refractivity (Wildman–Crippen MR) is 75.5 cm³/mol. The van der Waals surface area contributed by atoms with Gasteiger partial charge in [-0.3, -0.25) is 4.98 Å². The molecule has 88 valence electrons. The number of rotatable bonds is 3. The minimum absolute atomic E-state index is 0.364. The van der Waals surface area contributed by atoms with Crippen LogP contribution in [0.1, 0.15) is 27.1 Å². The Bertz CT molecular complexity index is 473. The first-order valence-electron chi connectivity index (χ1n) is 5.76. The number of aromatic nitrogens is 1. The van der Waals surface area contributed by atoms with Crippen molar-refractivity contribution in [3.63, 3.8) is 0 Å². The van der Waals surface area contributed by atoms with Gasteiger partial charge in [0.15, 0.2) is 0 Å². The van der Waals surface area contributed by atoms with Gasteiger partial charge in [0.05, 0.1) is 0 Å². The summed E-state index contributed by atoms with van der Waals surface area (Å²) in [5, 5.41) is 0. The maximum Gasteiger partial charge on any atom is 0.0435 e. The fourth-order valence-electron chi connectivity index (χ4n) is 2.03. The first-order chi connectivity index (χ1) is 8.15. The van der Waals surface area contributed by atoms with Gasteiger partial charge in [-0.1, -0.05) is 45.3 Å². The highest BCUT2D eigenvalue weighted by Crippen LogP contribution is 2.28. The van der Waals surface area contributed by atoms with E-state index in [2.05, 4.69) is 65.1 Å².